The van der Waals surface area contributed by atoms with Gasteiger partial charge in [-0.25, -0.2) is 4.99 Å². The highest BCUT2D eigenvalue weighted by Crippen LogP contribution is 2.31. The van der Waals surface area contributed by atoms with Crippen molar-refractivity contribution in [2.24, 2.45) is 4.99 Å². The lowest BCUT2D eigenvalue weighted by Gasteiger charge is -2.32. The molecule has 33 heavy (non-hydrogen) atoms. The molecule has 6 nitrogen and oxygen atoms in total. The first-order valence-corrected chi connectivity index (χ1v) is 11.6. The minimum atomic E-state index is -0.585. The van der Waals surface area contributed by atoms with Crippen molar-refractivity contribution >= 4 is 40.1 Å². The average Bonchev–Trinajstić information content (AvgIpc) is 2.85. The number of ether oxygens (including phenoxy) is 1. The zero-order chi connectivity index (χ0) is 23.0. The van der Waals surface area contributed by atoms with E-state index in [4.69, 9.17) is 9.73 Å². The summed E-state index contributed by atoms with van der Waals surface area (Å²) < 4.78 is 5.33. The molecule has 0 aliphatic carbocycles. The smallest absolute Gasteiger partial charge is 0.238 e. The van der Waals surface area contributed by atoms with Gasteiger partial charge >= 0.3 is 0 Å². The van der Waals surface area contributed by atoms with E-state index < -0.39 is 5.25 Å². The number of nitrogens with one attached hydrogen (secondary N) is 1. The number of hydrogen-bond donors (Lipinski definition) is 1. The summed E-state index contributed by atoms with van der Waals surface area (Å²) >= 11 is 1.32. The van der Waals surface area contributed by atoms with Gasteiger partial charge in [0.2, 0.25) is 11.8 Å². The summed E-state index contributed by atoms with van der Waals surface area (Å²) in [6.45, 7) is 0.502. The lowest BCUT2D eigenvalue weighted by atomic mass is 10.1. The molecule has 0 spiro atoms. The van der Waals surface area contributed by atoms with Gasteiger partial charge in [-0.2, -0.15) is 0 Å². The zero-order valence-electron chi connectivity index (χ0n) is 18.3. The molecule has 1 saturated heterocycles. The molecule has 7 heteroatoms. The molecule has 1 heterocycles. The molecule has 3 aromatic rings. The van der Waals surface area contributed by atoms with E-state index >= 15 is 0 Å². The van der Waals surface area contributed by atoms with Crippen LogP contribution in [-0.2, 0) is 16.0 Å². The number of carbonyl (C=O) groups is 2. The van der Waals surface area contributed by atoms with E-state index in [9.17, 15) is 9.59 Å². The van der Waals surface area contributed by atoms with Crippen LogP contribution in [0.3, 0.4) is 0 Å². The van der Waals surface area contributed by atoms with Crippen LogP contribution in [0.25, 0.3) is 0 Å². The Labute approximate surface area is 197 Å². The van der Waals surface area contributed by atoms with Crippen molar-refractivity contribution < 1.29 is 14.3 Å². The molecule has 0 aromatic heterocycles. The molecule has 4 rings (SSSR count). The molecule has 0 bridgehead atoms. The molecule has 3 aromatic carbocycles. The predicted molar refractivity (Wildman–Crippen MR) is 133 cm³/mol. The molecular formula is C26H25N3O3S. The van der Waals surface area contributed by atoms with Crippen LogP contribution >= 0.6 is 11.8 Å². The second-order valence-electron chi connectivity index (χ2n) is 7.51. The fraction of sp³-hybridized carbons (Fsp3) is 0.192. The van der Waals surface area contributed by atoms with Crippen LogP contribution in [0.5, 0.6) is 5.75 Å². The van der Waals surface area contributed by atoms with Gasteiger partial charge in [0.05, 0.1) is 18.5 Å². The Morgan fingerprint density at radius 3 is 2.42 bits per heavy atom. The summed E-state index contributed by atoms with van der Waals surface area (Å²) in [6.07, 6.45) is 0.813. The summed E-state index contributed by atoms with van der Waals surface area (Å²) in [6, 6.07) is 26.7. The van der Waals surface area contributed by atoms with Gasteiger partial charge in [-0.1, -0.05) is 72.4 Å². The quantitative estimate of drug-likeness (QED) is 0.546. The maximum atomic E-state index is 13.1. The molecule has 0 radical (unpaired) electrons. The topological polar surface area (TPSA) is 71.0 Å². The Bertz CT molecular complexity index is 1140. The number of anilines is 1. The number of rotatable bonds is 7. The van der Waals surface area contributed by atoms with Crippen molar-refractivity contribution in [1.29, 1.82) is 0 Å². The highest BCUT2D eigenvalue weighted by Gasteiger charge is 2.36. The number of benzene rings is 3. The van der Waals surface area contributed by atoms with E-state index in [1.807, 2.05) is 72.8 Å². The Balaban J connectivity index is 1.54. The van der Waals surface area contributed by atoms with Gasteiger partial charge in [0.25, 0.3) is 0 Å². The molecule has 2 amide bonds. The fourth-order valence-electron chi connectivity index (χ4n) is 3.52. The number of aliphatic imine (C=N–C) groups is 1. The summed E-state index contributed by atoms with van der Waals surface area (Å²) in [5, 5.41) is 2.85. The summed E-state index contributed by atoms with van der Waals surface area (Å²) in [5.41, 5.74) is 2.46. The monoisotopic (exact) mass is 459 g/mol. The van der Waals surface area contributed by atoms with Gasteiger partial charge in [-0.05, 0) is 36.2 Å². The van der Waals surface area contributed by atoms with E-state index in [-0.39, 0.29) is 18.2 Å². The Morgan fingerprint density at radius 2 is 1.70 bits per heavy atom. The molecule has 1 N–H and O–H groups in total. The van der Waals surface area contributed by atoms with Gasteiger partial charge in [0.15, 0.2) is 5.17 Å². The Kier molecular flexibility index (Phi) is 7.42. The van der Waals surface area contributed by atoms with E-state index in [1.54, 1.807) is 24.1 Å². The first kappa shape index (κ1) is 22.6. The number of nitrogens with zero attached hydrogens (tertiary/aromatic N) is 2. The van der Waals surface area contributed by atoms with Gasteiger partial charge < -0.3 is 10.1 Å². The third-order valence-corrected chi connectivity index (χ3v) is 6.43. The van der Waals surface area contributed by atoms with Crippen LogP contribution in [0.15, 0.2) is 89.9 Å². The summed E-state index contributed by atoms with van der Waals surface area (Å²) in [7, 11) is 1.55. The number of thioether (sulfide) groups is 1. The van der Waals surface area contributed by atoms with Crippen molar-refractivity contribution in [1.82, 2.24) is 4.90 Å². The summed E-state index contributed by atoms with van der Waals surface area (Å²) in [5.74, 6) is 0.210. The molecular weight excluding hydrogens is 434 g/mol. The second-order valence-corrected chi connectivity index (χ2v) is 8.68. The molecule has 168 valence electrons. The maximum absolute atomic E-state index is 13.1. The first-order chi connectivity index (χ1) is 16.1. The number of amidine groups is 1. The van der Waals surface area contributed by atoms with Gasteiger partial charge in [-0.15, -0.1) is 0 Å². The molecule has 1 aliphatic rings. The molecule has 1 atom stereocenters. The van der Waals surface area contributed by atoms with Crippen LogP contribution in [0.1, 0.15) is 12.0 Å². The minimum Gasteiger partial charge on any atom is -0.495 e. The van der Waals surface area contributed by atoms with Crippen molar-refractivity contribution in [3.63, 3.8) is 0 Å². The van der Waals surface area contributed by atoms with E-state index in [0.717, 1.165) is 11.3 Å². The number of para-hydroxylation sites is 3. The largest absolute Gasteiger partial charge is 0.495 e. The van der Waals surface area contributed by atoms with Crippen LogP contribution < -0.4 is 10.1 Å². The standard InChI is InChI=1S/C26H25N3O3S/c1-32-22-15-9-8-14-21(22)28-25(31)23-18-24(30)29(17-16-19-10-4-2-5-11-19)26(33-23)27-20-12-6-3-7-13-20/h2-15,23H,16-18H2,1H3,(H,28,31)/t23-/m0/s1. The van der Waals surface area contributed by atoms with Crippen molar-refractivity contribution in [2.45, 2.75) is 18.1 Å². The zero-order valence-corrected chi connectivity index (χ0v) is 19.1. The highest BCUT2D eigenvalue weighted by atomic mass is 32.2. The lowest BCUT2D eigenvalue weighted by Crippen LogP contribution is -2.46. The number of carbonyl (C=O) groups excluding carboxylic acids is 2. The van der Waals surface area contributed by atoms with Crippen LogP contribution in [0, 0.1) is 0 Å². The van der Waals surface area contributed by atoms with E-state index in [0.29, 0.717) is 29.6 Å². The SMILES string of the molecule is COc1ccccc1NC(=O)[C@@H]1CC(=O)N(CCc2ccccc2)C(=Nc2ccccc2)S1. The normalized spacial score (nSPS) is 17.1. The lowest BCUT2D eigenvalue weighted by molar-refractivity contribution is -0.129. The van der Waals surface area contributed by atoms with Gasteiger partial charge in [0.1, 0.15) is 11.0 Å². The maximum Gasteiger partial charge on any atom is 0.238 e. The van der Waals surface area contributed by atoms with E-state index in [1.165, 1.54) is 11.8 Å². The average molecular weight is 460 g/mol. The van der Waals surface area contributed by atoms with E-state index in [2.05, 4.69) is 5.32 Å². The van der Waals surface area contributed by atoms with Crippen LogP contribution in [0.2, 0.25) is 0 Å². The third-order valence-electron chi connectivity index (χ3n) is 5.24. The van der Waals surface area contributed by atoms with Crippen molar-refractivity contribution in [2.75, 3.05) is 19.0 Å². The second kappa shape index (κ2) is 10.8. The van der Waals surface area contributed by atoms with Crippen molar-refractivity contribution in [3.05, 3.63) is 90.5 Å². The molecule has 1 fully saturated rings. The molecule has 0 saturated carbocycles. The third kappa shape index (κ3) is 5.81. The van der Waals surface area contributed by atoms with Gasteiger partial charge in [0, 0.05) is 13.0 Å². The van der Waals surface area contributed by atoms with Crippen molar-refractivity contribution in [3.8, 4) is 5.75 Å². The first-order valence-electron chi connectivity index (χ1n) is 10.7. The summed E-state index contributed by atoms with van der Waals surface area (Å²) in [4.78, 5) is 32.6. The van der Waals surface area contributed by atoms with Gasteiger partial charge in [-0.3, -0.25) is 14.5 Å². The number of methoxy groups -OCH3 is 1. The molecule has 1 aliphatic heterocycles. The number of amides is 2. The predicted octanol–water partition coefficient (Wildman–Crippen LogP) is 4.90. The van der Waals surface area contributed by atoms with Crippen LogP contribution in [0.4, 0.5) is 11.4 Å². The fourth-order valence-corrected chi connectivity index (χ4v) is 4.65. The number of hydrogen-bond acceptors (Lipinski definition) is 5. The Morgan fingerprint density at radius 1 is 1.03 bits per heavy atom. The Hall–Kier alpha value is -3.58. The highest BCUT2D eigenvalue weighted by molar-refractivity contribution is 8.15. The minimum absolute atomic E-state index is 0.105. The van der Waals surface area contributed by atoms with Crippen LogP contribution in [-0.4, -0.2) is 40.8 Å². The molecule has 0 unspecified atom stereocenters.